The predicted octanol–water partition coefficient (Wildman–Crippen LogP) is 6.36. The Morgan fingerprint density at radius 3 is 2.35 bits per heavy atom. The standard InChI is InChI=1S/C26H26ClN3O4/c1-18(29-14-2-3-15-29)20-6-4-19(5-7-20)17-28-26(31)34-25-13-10-22(16-24(25)30(32)33)21-8-11-23(27)12-9-21/h4-13,16,18H,2-3,14-15,17H2,1H3,(H,28,31). The van der Waals surface area contributed by atoms with Gasteiger partial charge in [-0.25, -0.2) is 4.79 Å². The molecule has 0 aromatic heterocycles. The summed E-state index contributed by atoms with van der Waals surface area (Å²) in [6.45, 7) is 4.72. The Morgan fingerprint density at radius 2 is 1.71 bits per heavy atom. The summed E-state index contributed by atoms with van der Waals surface area (Å²) in [4.78, 5) is 25.8. The van der Waals surface area contributed by atoms with Crippen LogP contribution in [-0.4, -0.2) is 29.0 Å². The van der Waals surface area contributed by atoms with Gasteiger partial charge in [0.25, 0.3) is 0 Å². The van der Waals surface area contributed by atoms with Crippen LogP contribution >= 0.6 is 11.6 Å². The van der Waals surface area contributed by atoms with E-state index in [2.05, 4.69) is 29.3 Å². The predicted molar refractivity (Wildman–Crippen MR) is 132 cm³/mol. The molecule has 1 amide bonds. The molecule has 7 nitrogen and oxygen atoms in total. The number of carbonyl (C=O) groups excluding carboxylic acids is 1. The van der Waals surface area contributed by atoms with Gasteiger partial charge in [0, 0.05) is 23.7 Å². The van der Waals surface area contributed by atoms with Gasteiger partial charge in [0.1, 0.15) is 0 Å². The number of ether oxygens (including phenoxy) is 1. The van der Waals surface area contributed by atoms with Gasteiger partial charge in [-0.15, -0.1) is 0 Å². The molecule has 3 aromatic carbocycles. The third-order valence-corrected chi connectivity index (χ3v) is 6.38. The molecule has 0 radical (unpaired) electrons. The first-order valence-corrected chi connectivity index (χ1v) is 11.6. The van der Waals surface area contributed by atoms with Gasteiger partial charge >= 0.3 is 11.8 Å². The van der Waals surface area contributed by atoms with Crippen molar-refractivity contribution in [2.24, 2.45) is 0 Å². The van der Waals surface area contributed by atoms with Gasteiger partial charge in [0.15, 0.2) is 0 Å². The van der Waals surface area contributed by atoms with Crippen molar-refractivity contribution in [3.05, 3.63) is 93.0 Å². The van der Waals surface area contributed by atoms with Crippen molar-refractivity contribution in [3.63, 3.8) is 0 Å². The van der Waals surface area contributed by atoms with Crippen molar-refractivity contribution in [1.29, 1.82) is 0 Å². The van der Waals surface area contributed by atoms with Crippen molar-refractivity contribution in [2.75, 3.05) is 13.1 Å². The minimum absolute atomic E-state index is 0.116. The summed E-state index contributed by atoms with van der Waals surface area (Å²) in [6.07, 6.45) is 1.74. The topological polar surface area (TPSA) is 84.7 Å². The smallest absolute Gasteiger partial charge is 0.403 e. The van der Waals surface area contributed by atoms with Crippen LogP contribution in [0, 0.1) is 10.1 Å². The quantitative estimate of drug-likeness (QED) is 0.315. The van der Waals surface area contributed by atoms with E-state index in [4.69, 9.17) is 16.3 Å². The van der Waals surface area contributed by atoms with Gasteiger partial charge in [0.2, 0.25) is 5.75 Å². The Balaban J connectivity index is 1.37. The van der Waals surface area contributed by atoms with Gasteiger partial charge in [-0.2, -0.15) is 0 Å². The van der Waals surface area contributed by atoms with Crippen LogP contribution in [0.4, 0.5) is 10.5 Å². The second-order valence-electron chi connectivity index (χ2n) is 8.35. The minimum Gasteiger partial charge on any atom is -0.403 e. The van der Waals surface area contributed by atoms with Crippen molar-refractivity contribution in [2.45, 2.75) is 32.4 Å². The Labute approximate surface area is 203 Å². The molecule has 1 saturated heterocycles. The SMILES string of the molecule is CC(c1ccc(CNC(=O)Oc2ccc(-c3ccc(Cl)cc3)cc2[N+](=O)[O-])cc1)N1CCCC1. The lowest BCUT2D eigenvalue weighted by molar-refractivity contribution is -0.385. The number of nitro groups is 1. The molecule has 1 N–H and O–H groups in total. The lowest BCUT2D eigenvalue weighted by Gasteiger charge is -2.24. The van der Waals surface area contributed by atoms with Gasteiger partial charge < -0.3 is 10.1 Å². The monoisotopic (exact) mass is 479 g/mol. The van der Waals surface area contributed by atoms with E-state index < -0.39 is 11.0 Å². The van der Waals surface area contributed by atoms with E-state index in [0.717, 1.165) is 24.2 Å². The average molecular weight is 480 g/mol. The van der Waals surface area contributed by atoms with Crippen LogP contribution in [0.5, 0.6) is 5.75 Å². The maximum Gasteiger partial charge on any atom is 0.413 e. The highest BCUT2D eigenvalue weighted by molar-refractivity contribution is 6.30. The van der Waals surface area contributed by atoms with Crippen molar-refractivity contribution in [1.82, 2.24) is 10.2 Å². The molecule has 0 spiro atoms. The zero-order valence-electron chi connectivity index (χ0n) is 18.9. The Bertz CT molecular complexity index is 1160. The number of hydrogen-bond donors (Lipinski definition) is 1. The number of halogens is 1. The van der Waals surface area contributed by atoms with E-state index >= 15 is 0 Å². The van der Waals surface area contributed by atoms with E-state index in [1.807, 2.05) is 12.1 Å². The van der Waals surface area contributed by atoms with Crippen LogP contribution in [-0.2, 0) is 6.54 Å². The molecule has 4 rings (SSSR count). The second-order valence-corrected chi connectivity index (χ2v) is 8.79. The van der Waals surface area contributed by atoms with E-state index in [1.165, 1.54) is 30.5 Å². The molecule has 1 aliphatic heterocycles. The molecule has 1 heterocycles. The Kier molecular flexibility index (Phi) is 7.45. The molecule has 1 fully saturated rings. The summed E-state index contributed by atoms with van der Waals surface area (Å²) in [7, 11) is 0. The molecular weight excluding hydrogens is 454 g/mol. The van der Waals surface area contributed by atoms with Crippen LogP contribution in [0.15, 0.2) is 66.7 Å². The van der Waals surface area contributed by atoms with Crippen molar-refractivity contribution >= 4 is 23.4 Å². The van der Waals surface area contributed by atoms with Gasteiger partial charge in [-0.05, 0) is 73.3 Å². The largest absolute Gasteiger partial charge is 0.413 e. The zero-order chi connectivity index (χ0) is 24.1. The van der Waals surface area contributed by atoms with E-state index in [-0.39, 0.29) is 18.0 Å². The second kappa shape index (κ2) is 10.7. The summed E-state index contributed by atoms with van der Waals surface area (Å²) in [5.74, 6) is -0.116. The van der Waals surface area contributed by atoms with Crippen LogP contribution in [0.1, 0.15) is 36.9 Å². The summed E-state index contributed by atoms with van der Waals surface area (Å²) >= 11 is 5.91. The average Bonchev–Trinajstić information content (AvgIpc) is 3.38. The number of nitrogens with one attached hydrogen (secondary N) is 1. The normalized spacial score (nSPS) is 14.5. The first kappa shape index (κ1) is 23.7. The van der Waals surface area contributed by atoms with E-state index in [9.17, 15) is 14.9 Å². The lowest BCUT2D eigenvalue weighted by atomic mass is 10.0. The molecule has 1 atom stereocenters. The number of likely N-dealkylation sites (tertiary alicyclic amines) is 1. The maximum absolute atomic E-state index is 12.3. The molecule has 0 aliphatic carbocycles. The molecule has 1 aliphatic rings. The summed E-state index contributed by atoms with van der Waals surface area (Å²) in [5.41, 5.74) is 3.26. The summed E-state index contributed by atoms with van der Waals surface area (Å²) < 4.78 is 5.25. The van der Waals surface area contributed by atoms with Crippen LogP contribution < -0.4 is 10.1 Å². The number of hydrogen-bond acceptors (Lipinski definition) is 5. The number of carbonyl (C=O) groups is 1. The molecule has 3 aromatic rings. The third-order valence-electron chi connectivity index (χ3n) is 6.12. The summed E-state index contributed by atoms with van der Waals surface area (Å²) in [6, 6.07) is 19.9. The number of amides is 1. The third kappa shape index (κ3) is 5.73. The minimum atomic E-state index is -0.753. The number of benzene rings is 3. The number of nitrogens with zero attached hydrogens (tertiary/aromatic N) is 2. The first-order chi connectivity index (χ1) is 16.4. The molecule has 0 saturated carbocycles. The lowest BCUT2D eigenvalue weighted by Crippen LogP contribution is -2.26. The maximum atomic E-state index is 12.3. The van der Waals surface area contributed by atoms with Gasteiger partial charge in [0.05, 0.1) is 4.92 Å². The fourth-order valence-corrected chi connectivity index (χ4v) is 4.26. The molecule has 8 heteroatoms. The zero-order valence-corrected chi connectivity index (χ0v) is 19.6. The van der Waals surface area contributed by atoms with E-state index in [0.29, 0.717) is 16.6 Å². The highest BCUT2D eigenvalue weighted by Crippen LogP contribution is 2.33. The van der Waals surface area contributed by atoms with Gasteiger partial charge in [-0.3, -0.25) is 15.0 Å². The van der Waals surface area contributed by atoms with E-state index in [1.54, 1.807) is 30.3 Å². The molecule has 0 bridgehead atoms. The van der Waals surface area contributed by atoms with Crippen LogP contribution in [0.3, 0.4) is 0 Å². The highest BCUT2D eigenvalue weighted by atomic mass is 35.5. The fourth-order valence-electron chi connectivity index (χ4n) is 4.13. The highest BCUT2D eigenvalue weighted by Gasteiger charge is 2.20. The first-order valence-electron chi connectivity index (χ1n) is 11.2. The molecule has 176 valence electrons. The Hall–Kier alpha value is -3.42. The summed E-state index contributed by atoms with van der Waals surface area (Å²) in [5, 5.41) is 14.8. The number of rotatable bonds is 7. The molecular formula is C26H26ClN3O4. The molecule has 34 heavy (non-hydrogen) atoms. The molecule has 1 unspecified atom stereocenters. The fraction of sp³-hybridized carbons (Fsp3) is 0.269. The van der Waals surface area contributed by atoms with Crippen molar-refractivity contribution in [3.8, 4) is 16.9 Å². The van der Waals surface area contributed by atoms with Crippen LogP contribution in [0.25, 0.3) is 11.1 Å². The Morgan fingerprint density at radius 1 is 1.06 bits per heavy atom. The van der Waals surface area contributed by atoms with Crippen LogP contribution in [0.2, 0.25) is 5.02 Å². The number of nitro benzene ring substituents is 1. The van der Waals surface area contributed by atoms with Gasteiger partial charge in [-0.1, -0.05) is 54.1 Å². The van der Waals surface area contributed by atoms with Crippen molar-refractivity contribution < 1.29 is 14.5 Å².